The van der Waals surface area contributed by atoms with Crippen molar-refractivity contribution in [1.82, 2.24) is 0 Å². The van der Waals surface area contributed by atoms with E-state index in [0.717, 1.165) is 5.56 Å². The van der Waals surface area contributed by atoms with E-state index in [4.69, 9.17) is 0 Å². The topological polar surface area (TPSA) is 75.3 Å². The van der Waals surface area contributed by atoms with E-state index >= 15 is 0 Å². The lowest BCUT2D eigenvalue weighted by Crippen LogP contribution is -2.27. The first-order valence-electron chi connectivity index (χ1n) is 9.92. The van der Waals surface area contributed by atoms with Gasteiger partial charge in [0.2, 0.25) is 11.8 Å². The van der Waals surface area contributed by atoms with Gasteiger partial charge >= 0.3 is 0 Å². The Balaban J connectivity index is 2.11. The molecule has 0 heterocycles. The number of hydrogen-bond donors (Lipinski definition) is 2. The van der Waals surface area contributed by atoms with Crippen LogP contribution < -0.4 is 10.6 Å². The maximum absolute atomic E-state index is 12.6. The zero-order valence-corrected chi connectivity index (χ0v) is 18.5. The molecular weight excluding hydrogens is 376 g/mol. The summed E-state index contributed by atoms with van der Waals surface area (Å²) < 4.78 is 0. The molecule has 0 saturated heterocycles. The Morgan fingerprint density at radius 2 is 1.23 bits per heavy atom. The average molecular weight is 407 g/mol. The van der Waals surface area contributed by atoms with Crippen LogP contribution in [0.25, 0.3) is 6.08 Å². The minimum Gasteiger partial charge on any atom is -0.326 e. The van der Waals surface area contributed by atoms with Gasteiger partial charge in [0, 0.05) is 27.8 Å². The first-order chi connectivity index (χ1) is 13.9. The highest BCUT2D eigenvalue weighted by Crippen LogP contribution is 2.20. The molecule has 0 saturated carbocycles. The number of carbonyl (C=O) groups is 3. The van der Waals surface area contributed by atoms with Gasteiger partial charge < -0.3 is 10.6 Å². The summed E-state index contributed by atoms with van der Waals surface area (Å²) in [6.45, 7) is 11.0. The summed E-state index contributed by atoms with van der Waals surface area (Å²) in [5, 5.41) is 5.71. The number of benzene rings is 2. The van der Waals surface area contributed by atoms with Gasteiger partial charge in [-0.2, -0.15) is 0 Å². The summed E-state index contributed by atoms with van der Waals surface area (Å²) in [5.41, 5.74) is 1.53. The van der Waals surface area contributed by atoms with E-state index in [9.17, 15) is 14.4 Å². The monoisotopic (exact) mass is 406 g/mol. The van der Waals surface area contributed by atoms with Crippen molar-refractivity contribution < 1.29 is 14.4 Å². The van der Waals surface area contributed by atoms with E-state index in [-0.39, 0.29) is 17.6 Å². The number of carbonyl (C=O) groups excluding carboxylic acids is 3. The number of allylic oxidation sites excluding steroid dienone is 1. The van der Waals surface area contributed by atoms with E-state index < -0.39 is 10.8 Å². The lowest BCUT2D eigenvalue weighted by atomic mass is 9.95. The van der Waals surface area contributed by atoms with Crippen LogP contribution in [0, 0.1) is 10.8 Å². The van der Waals surface area contributed by atoms with E-state index in [1.807, 2.05) is 65.8 Å². The lowest BCUT2D eigenvalue weighted by molar-refractivity contribution is -0.123. The number of nitrogens with one attached hydrogen (secondary N) is 2. The second kappa shape index (κ2) is 9.08. The molecule has 30 heavy (non-hydrogen) atoms. The molecule has 2 aromatic carbocycles. The highest BCUT2D eigenvalue weighted by molar-refractivity contribution is 6.08. The third kappa shape index (κ3) is 6.69. The van der Waals surface area contributed by atoms with Crippen molar-refractivity contribution in [2.75, 3.05) is 10.6 Å². The number of rotatable bonds is 5. The zero-order chi connectivity index (χ0) is 22.5. The molecule has 0 radical (unpaired) electrons. The molecule has 2 rings (SSSR count). The molecule has 2 N–H and O–H groups in total. The number of amides is 2. The molecule has 0 bridgehead atoms. The number of hydrogen-bond acceptors (Lipinski definition) is 3. The van der Waals surface area contributed by atoms with Crippen molar-refractivity contribution in [3.8, 4) is 0 Å². The minimum atomic E-state index is -0.520. The van der Waals surface area contributed by atoms with Crippen molar-refractivity contribution >= 4 is 35.0 Å². The SMILES string of the molecule is CC(C)(C)C(=O)Nc1cccc(/C=C/C(=O)c2cccc(NC(=O)C(C)(C)C)c2)c1. The first kappa shape index (κ1) is 23.1. The van der Waals surface area contributed by atoms with Gasteiger partial charge in [-0.25, -0.2) is 0 Å². The highest BCUT2D eigenvalue weighted by Gasteiger charge is 2.22. The summed E-state index contributed by atoms with van der Waals surface area (Å²) in [6.07, 6.45) is 3.19. The molecule has 2 amide bonds. The Morgan fingerprint density at radius 1 is 0.733 bits per heavy atom. The van der Waals surface area contributed by atoms with Crippen LogP contribution in [0.2, 0.25) is 0 Å². The van der Waals surface area contributed by atoms with Crippen molar-refractivity contribution in [3.05, 3.63) is 65.7 Å². The van der Waals surface area contributed by atoms with Crippen LogP contribution in [0.1, 0.15) is 57.5 Å². The van der Waals surface area contributed by atoms with Gasteiger partial charge in [0.15, 0.2) is 5.78 Å². The Labute approximate surface area is 178 Å². The van der Waals surface area contributed by atoms with Gasteiger partial charge in [0.1, 0.15) is 0 Å². The van der Waals surface area contributed by atoms with Crippen LogP contribution in [-0.4, -0.2) is 17.6 Å². The standard InChI is InChI=1S/C25H30N2O3/c1-24(2,3)22(29)26-19-11-7-9-17(15-19)13-14-21(28)18-10-8-12-20(16-18)27-23(30)25(4,5)6/h7-16H,1-6H3,(H,26,29)(H,27,30)/b14-13+. The van der Waals surface area contributed by atoms with Gasteiger partial charge in [-0.3, -0.25) is 14.4 Å². The third-order valence-corrected chi connectivity index (χ3v) is 4.34. The molecule has 5 nitrogen and oxygen atoms in total. The fourth-order valence-electron chi connectivity index (χ4n) is 2.38. The summed E-state index contributed by atoms with van der Waals surface area (Å²) in [4.78, 5) is 36.9. The Kier molecular flexibility index (Phi) is 6.98. The first-order valence-corrected chi connectivity index (χ1v) is 9.92. The minimum absolute atomic E-state index is 0.0752. The highest BCUT2D eigenvalue weighted by atomic mass is 16.2. The largest absolute Gasteiger partial charge is 0.326 e. The lowest BCUT2D eigenvalue weighted by Gasteiger charge is -2.17. The van der Waals surface area contributed by atoms with E-state index in [0.29, 0.717) is 16.9 Å². The molecule has 0 aliphatic carbocycles. The van der Waals surface area contributed by atoms with Gasteiger partial charge in [-0.05, 0) is 35.9 Å². The fourth-order valence-corrected chi connectivity index (χ4v) is 2.38. The normalized spacial score (nSPS) is 11.9. The fraction of sp³-hybridized carbons (Fsp3) is 0.320. The van der Waals surface area contributed by atoms with Gasteiger partial charge in [-0.15, -0.1) is 0 Å². The van der Waals surface area contributed by atoms with Crippen LogP contribution in [0.3, 0.4) is 0 Å². The van der Waals surface area contributed by atoms with Crippen molar-refractivity contribution in [2.45, 2.75) is 41.5 Å². The van der Waals surface area contributed by atoms with Crippen molar-refractivity contribution in [1.29, 1.82) is 0 Å². The maximum atomic E-state index is 12.6. The summed E-state index contributed by atoms with van der Waals surface area (Å²) >= 11 is 0. The molecule has 0 fully saturated rings. The Hall–Kier alpha value is -3.21. The van der Waals surface area contributed by atoms with E-state index in [2.05, 4.69) is 10.6 Å². The molecule has 0 aromatic heterocycles. The van der Waals surface area contributed by atoms with E-state index in [1.54, 1.807) is 30.3 Å². The van der Waals surface area contributed by atoms with Crippen LogP contribution in [-0.2, 0) is 9.59 Å². The molecule has 0 unspecified atom stereocenters. The molecule has 2 aromatic rings. The average Bonchev–Trinajstić information content (AvgIpc) is 2.65. The smallest absolute Gasteiger partial charge is 0.229 e. The summed E-state index contributed by atoms with van der Waals surface area (Å²) in [5.74, 6) is -0.364. The molecule has 158 valence electrons. The quantitative estimate of drug-likeness (QED) is 0.505. The van der Waals surface area contributed by atoms with Crippen molar-refractivity contribution in [2.24, 2.45) is 10.8 Å². The van der Waals surface area contributed by atoms with Crippen LogP contribution >= 0.6 is 0 Å². The van der Waals surface area contributed by atoms with Crippen LogP contribution in [0.5, 0.6) is 0 Å². The second-order valence-corrected chi connectivity index (χ2v) is 9.31. The van der Waals surface area contributed by atoms with Crippen LogP contribution in [0.4, 0.5) is 11.4 Å². The maximum Gasteiger partial charge on any atom is 0.229 e. The van der Waals surface area contributed by atoms with Gasteiger partial charge in [-0.1, -0.05) is 71.9 Å². The van der Waals surface area contributed by atoms with E-state index in [1.165, 1.54) is 6.08 Å². The van der Waals surface area contributed by atoms with Crippen LogP contribution in [0.15, 0.2) is 54.6 Å². The summed E-state index contributed by atoms with van der Waals surface area (Å²) in [7, 11) is 0. The van der Waals surface area contributed by atoms with Gasteiger partial charge in [0.05, 0.1) is 0 Å². The molecule has 5 heteroatoms. The predicted molar refractivity (Wildman–Crippen MR) is 122 cm³/mol. The third-order valence-electron chi connectivity index (χ3n) is 4.34. The second-order valence-electron chi connectivity index (χ2n) is 9.31. The van der Waals surface area contributed by atoms with Gasteiger partial charge in [0.25, 0.3) is 0 Å². The summed E-state index contributed by atoms with van der Waals surface area (Å²) in [6, 6.07) is 14.2. The molecule has 0 spiro atoms. The molecule has 0 atom stereocenters. The predicted octanol–water partition coefficient (Wildman–Crippen LogP) is 5.55. The Morgan fingerprint density at radius 3 is 1.77 bits per heavy atom. The number of anilines is 2. The zero-order valence-electron chi connectivity index (χ0n) is 18.5. The molecular formula is C25H30N2O3. The molecule has 0 aliphatic rings. The molecule has 0 aliphatic heterocycles. The Bertz CT molecular complexity index is 976. The number of ketones is 1. The van der Waals surface area contributed by atoms with Crippen molar-refractivity contribution in [3.63, 3.8) is 0 Å².